The number of benzene rings is 1. The van der Waals surface area contributed by atoms with Crippen LogP contribution in [0, 0.1) is 13.8 Å². The lowest BCUT2D eigenvalue weighted by atomic mass is 9.86. The number of allylic oxidation sites excluding steroid dienone is 1. The number of esters is 1. The van der Waals surface area contributed by atoms with Crippen LogP contribution in [0.25, 0.3) is 11.3 Å². The van der Waals surface area contributed by atoms with Gasteiger partial charge in [-0.15, -0.1) is 0 Å². The van der Waals surface area contributed by atoms with E-state index in [2.05, 4.69) is 55.1 Å². The van der Waals surface area contributed by atoms with Gasteiger partial charge in [0.2, 0.25) is 6.29 Å². The first kappa shape index (κ1) is 24.4. The summed E-state index contributed by atoms with van der Waals surface area (Å²) in [7, 11) is 3.61. The number of nitrogens with zero attached hydrogens (tertiary/aromatic N) is 3. The first-order chi connectivity index (χ1) is 14.5. The minimum absolute atomic E-state index is 0.0548. The van der Waals surface area contributed by atoms with Gasteiger partial charge in [0, 0.05) is 44.8 Å². The maximum atomic E-state index is 11.8. The Bertz CT molecular complexity index is 977. The fourth-order valence-electron chi connectivity index (χ4n) is 3.33. The van der Waals surface area contributed by atoms with E-state index in [0.29, 0.717) is 5.76 Å². The van der Waals surface area contributed by atoms with E-state index in [9.17, 15) is 4.79 Å². The molecule has 6 heteroatoms. The second-order valence-corrected chi connectivity index (χ2v) is 8.67. The fraction of sp³-hybridized carbons (Fsp3) is 0.480. The van der Waals surface area contributed by atoms with Gasteiger partial charge in [0.1, 0.15) is 5.69 Å². The van der Waals surface area contributed by atoms with Gasteiger partial charge in [-0.2, -0.15) is 5.10 Å². The molecule has 0 saturated carbocycles. The molecule has 0 spiro atoms. The second kappa shape index (κ2) is 9.94. The van der Waals surface area contributed by atoms with E-state index in [0.717, 1.165) is 28.1 Å². The molecule has 1 atom stereocenters. The highest BCUT2D eigenvalue weighted by atomic mass is 16.7. The molecule has 31 heavy (non-hydrogen) atoms. The van der Waals surface area contributed by atoms with Crippen molar-refractivity contribution in [3.05, 3.63) is 52.3 Å². The molecular weight excluding hydrogens is 390 g/mol. The van der Waals surface area contributed by atoms with E-state index >= 15 is 0 Å². The summed E-state index contributed by atoms with van der Waals surface area (Å²) in [6, 6.07) is 8.39. The molecule has 0 saturated heterocycles. The molecule has 1 unspecified atom stereocenters. The van der Waals surface area contributed by atoms with E-state index < -0.39 is 6.29 Å². The average molecular weight is 426 g/mol. The van der Waals surface area contributed by atoms with Gasteiger partial charge < -0.3 is 9.47 Å². The zero-order chi connectivity index (χ0) is 23.3. The van der Waals surface area contributed by atoms with E-state index in [-0.39, 0.29) is 17.8 Å². The third-order valence-corrected chi connectivity index (χ3v) is 5.17. The second-order valence-electron chi connectivity index (χ2n) is 8.67. The summed E-state index contributed by atoms with van der Waals surface area (Å²) in [5.74, 6) is 0.260. The van der Waals surface area contributed by atoms with Crippen LogP contribution < -0.4 is 0 Å². The van der Waals surface area contributed by atoms with Crippen LogP contribution in [0.1, 0.15) is 69.1 Å². The Hall–Kier alpha value is -2.89. The van der Waals surface area contributed by atoms with Crippen LogP contribution in [0.5, 0.6) is 0 Å². The number of hydrogen-bond donors (Lipinski definition) is 0. The summed E-state index contributed by atoms with van der Waals surface area (Å²) in [5.41, 5.74) is 5.79. The number of rotatable bonds is 7. The minimum Gasteiger partial charge on any atom is -0.452 e. The highest BCUT2D eigenvalue weighted by Crippen LogP contribution is 2.32. The summed E-state index contributed by atoms with van der Waals surface area (Å²) >= 11 is 0. The molecule has 1 aromatic heterocycles. The van der Waals surface area contributed by atoms with Crippen molar-refractivity contribution in [1.29, 1.82) is 0 Å². The molecule has 1 heterocycles. The highest BCUT2D eigenvalue weighted by molar-refractivity contribution is 6.18. The molecule has 6 nitrogen and oxygen atoms in total. The zero-order valence-corrected chi connectivity index (χ0v) is 20.2. The van der Waals surface area contributed by atoms with Crippen molar-refractivity contribution in [1.82, 2.24) is 9.78 Å². The summed E-state index contributed by atoms with van der Waals surface area (Å²) in [5, 5.41) is 4.55. The quantitative estimate of drug-likeness (QED) is 0.264. The Morgan fingerprint density at radius 3 is 2.26 bits per heavy atom. The number of aliphatic imine (C=N–C) groups is 1. The third-order valence-electron chi connectivity index (χ3n) is 5.17. The van der Waals surface area contributed by atoms with Crippen LogP contribution in [-0.4, -0.2) is 35.3 Å². The number of carbonyl (C=O) groups excluding carboxylic acids is 1. The Balaban J connectivity index is 2.69. The largest absolute Gasteiger partial charge is 0.452 e. The predicted molar refractivity (Wildman–Crippen MR) is 126 cm³/mol. The summed E-state index contributed by atoms with van der Waals surface area (Å²) in [4.78, 5) is 16.1. The zero-order valence-electron chi connectivity index (χ0n) is 20.2. The van der Waals surface area contributed by atoms with Crippen molar-refractivity contribution in [3.8, 4) is 0 Å². The van der Waals surface area contributed by atoms with Crippen molar-refractivity contribution >= 4 is 23.5 Å². The predicted octanol–water partition coefficient (Wildman–Crippen LogP) is 5.22. The number of ether oxygens (including phenoxy) is 2. The molecule has 0 radical (unpaired) electrons. The Morgan fingerprint density at radius 2 is 1.81 bits per heavy atom. The molecule has 0 N–H and O–H groups in total. The molecule has 0 aliphatic heterocycles. The lowest BCUT2D eigenvalue weighted by Crippen LogP contribution is -2.19. The van der Waals surface area contributed by atoms with Gasteiger partial charge in [-0.05, 0) is 30.4 Å². The van der Waals surface area contributed by atoms with Crippen molar-refractivity contribution in [2.45, 2.75) is 66.6 Å². The van der Waals surface area contributed by atoms with Crippen LogP contribution in [0.4, 0.5) is 0 Å². The van der Waals surface area contributed by atoms with Gasteiger partial charge in [-0.1, -0.05) is 52.0 Å². The first-order valence-corrected chi connectivity index (χ1v) is 10.6. The maximum Gasteiger partial charge on any atom is 0.308 e. The molecular formula is C25H35N3O3. The van der Waals surface area contributed by atoms with Gasteiger partial charge in [0.15, 0.2) is 5.76 Å². The van der Waals surface area contributed by atoms with Crippen molar-refractivity contribution in [2.75, 3.05) is 7.05 Å². The molecule has 2 rings (SSSR count). The Morgan fingerprint density at radius 1 is 1.19 bits per heavy atom. The number of carbonyl (C=O) groups is 1. The van der Waals surface area contributed by atoms with Crippen molar-refractivity contribution < 1.29 is 14.3 Å². The van der Waals surface area contributed by atoms with Gasteiger partial charge in [0.05, 0.1) is 5.69 Å². The molecule has 2 aromatic rings. The normalized spacial score (nSPS) is 13.8. The molecule has 0 bridgehead atoms. The van der Waals surface area contributed by atoms with Gasteiger partial charge in [-0.25, -0.2) is 0 Å². The van der Waals surface area contributed by atoms with Crippen LogP contribution >= 0.6 is 0 Å². The van der Waals surface area contributed by atoms with Crippen LogP contribution in [0.2, 0.25) is 0 Å². The first-order valence-electron chi connectivity index (χ1n) is 10.6. The number of aryl methyl sites for hydroxylation is 2. The minimum atomic E-state index is -0.758. The SMILES string of the molecule is CCC(=O)OC(C)O/C(=C(/C=NC)c1ccc(C(C)(C)C)cc1)c1c(C)c(C)nn1C. The van der Waals surface area contributed by atoms with E-state index in [4.69, 9.17) is 9.47 Å². The molecule has 0 amide bonds. The molecule has 1 aromatic carbocycles. The summed E-state index contributed by atoms with van der Waals surface area (Å²) in [6.07, 6.45) is 1.30. The molecule has 0 fully saturated rings. The Kier molecular flexibility index (Phi) is 7.82. The summed E-state index contributed by atoms with van der Waals surface area (Å²) in [6.45, 7) is 14.0. The Labute approximate surface area is 186 Å². The molecule has 0 aliphatic rings. The smallest absolute Gasteiger partial charge is 0.308 e. The monoisotopic (exact) mass is 425 g/mol. The highest BCUT2D eigenvalue weighted by Gasteiger charge is 2.23. The van der Waals surface area contributed by atoms with Crippen molar-refractivity contribution in [3.63, 3.8) is 0 Å². The summed E-state index contributed by atoms with van der Waals surface area (Å²) < 4.78 is 13.4. The van der Waals surface area contributed by atoms with Crippen LogP contribution in [0.3, 0.4) is 0 Å². The van der Waals surface area contributed by atoms with Gasteiger partial charge in [0.25, 0.3) is 0 Å². The topological polar surface area (TPSA) is 65.7 Å². The average Bonchev–Trinajstić information content (AvgIpc) is 2.95. The number of aromatic nitrogens is 2. The van der Waals surface area contributed by atoms with Crippen LogP contribution in [-0.2, 0) is 26.7 Å². The molecule has 168 valence electrons. The maximum absolute atomic E-state index is 11.8. The third kappa shape index (κ3) is 5.84. The van der Waals surface area contributed by atoms with Crippen LogP contribution in [0.15, 0.2) is 29.3 Å². The van der Waals surface area contributed by atoms with Gasteiger partial charge >= 0.3 is 5.97 Å². The van der Waals surface area contributed by atoms with E-state index in [1.165, 1.54) is 5.56 Å². The lowest BCUT2D eigenvalue weighted by Gasteiger charge is -2.22. The lowest BCUT2D eigenvalue weighted by molar-refractivity contribution is -0.163. The standard InChI is InChI=1S/C25H35N3O3/c1-10-22(29)30-18(4)31-24(23-16(2)17(3)27-28(23)9)21(15-26-8)19-11-13-20(14-12-19)25(5,6)7/h11-15,18H,10H2,1-9H3/b24-21-,26-15?. The fourth-order valence-corrected chi connectivity index (χ4v) is 3.33. The van der Waals surface area contributed by atoms with E-state index in [1.807, 2.05) is 20.9 Å². The van der Waals surface area contributed by atoms with Crippen molar-refractivity contribution in [2.24, 2.45) is 12.0 Å². The number of hydrogen-bond acceptors (Lipinski definition) is 5. The van der Waals surface area contributed by atoms with Gasteiger partial charge in [-0.3, -0.25) is 14.5 Å². The molecule has 0 aliphatic carbocycles. The van der Waals surface area contributed by atoms with E-state index in [1.54, 1.807) is 31.8 Å².